The van der Waals surface area contributed by atoms with E-state index in [2.05, 4.69) is 58.7 Å². The van der Waals surface area contributed by atoms with Crippen LogP contribution < -0.4 is 20.1 Å². The number of anilines is 4. The number of hydrogen-bond acceptors (Lipinski definition) is 7. The van der Waals surface area contributed by atoms with Crippen LogP contribution in [0.3, 0.4) is 0 Å². The quantitative estimate of drug-likeness (QED) is 0.644. The maximum Gasteiger partial charge on any atom is 0.249 e. The molecule has 3 aromatic rings. The minimum atomic E-state index is 0.113. The van der Waals surface area contributed by atoms with E-state index in [1.165, 1.54) is 5.56 Å². The van der Waals surface area contributed by atoms with Crippen LogP contribution in [-0.4, -0.2) is 29.4 Å². The van der Waals surface area contributed by atoms with E-state index in [4.69, 9.17) is 9.47 Å². The molecule has 0 saturated carbocycles. The van der Waals surface area contributed by atoms with Gasteiger partial charge in [0.2, 0.25) is 5.95 Å². The van der Waals surface area contributed by atoms with Crippen molar-refractivity contribution >= 4 is 23.1 Å². The van der Waals surface area contributed by atoms with Gasteiger partial charge >= 0.3 is 0 Å². The number of aromatic nitrogens is 3. The molecule has 0 unspecified atom stereocenters. The average molecular weight is 379 g/mol. The second kappa shape index (κ2) is 8.12. The molecule has 0 spiro atoms. The first kappa shape index (κ1) is 19.4. The van der Waals surface area contributed by atoms with Gasteiger partial charge in [0.15, 0.2) is 5.82 Å². The monoisotopic (exact) mass is 379 g/mol. The molecule has 28 heavy (non-hydrogen) atoms. The van der Waals surface area contributed by atoms with Crippen LogP contribution in [0.25, 0.3) is 0 Å². The summed E-state index contributed by atoms with van der Waals surface area (Å²) in [5.74, 6) is 2.29. The average Bonchev–Trinajstić information content (AvgIpc) is 2.68. The molecular formula is C21H25N5O2. The first-order valence-electron chi connectivity index (χ1n) is 8.95. The van der Waals surface area contributed by atoms with Gasteiger partial charge in [-0.3, -0.25) is 0 Å². The highest BCUT2D eigenvalue weighted by Gasteiger charge is 2.13. The lowest BCUT2D eigenvalue weighted by atomic mass is 9.87. The van der Waals surface area contributed by atoms with Crippen LogP contribution in [0.2, 0.25) is 0 Å². The summed E-state index contributed by atoms with van der Waals surface area (Å²) in [6.07, 6.45) is 1.58. The van der Waals surface area contributed by atoms with Gasteiger partial charge in [-0.1, -0.05) is 32.9 Å². The summed E-state index contributed by atoms with van der Waals surface area (Å²) < 4.78 is 10.6. The lowest BCUT2D eigenvalue weighted by Gasteiger charge is -2.19. The number of nitrogens with zero attached hydrogens (tertiary/aromatic N) is 3. The molecule has 0 atom stereocenters. The van der Waals surface area contributed by atoms with Gasteiger partial charge in [0.25, 0.3) is 0 Å². The number of hydrogen-bond donors (Lipinski definition) is 2. The minimum Gasteiger partial charge on any atom is -0.497 e. The zero-order valence-electron chi connectivity index (χ0n) is 16.8. The topological polar surface area (TPSA) is 81.2 Å². The van der Waals surface area contributed by atoms with Gasteiger partial charge in [-0.2, -0.15) is 10.1 Å². The van der Waals surface area contributed by atoms with Crippen molar-refractivity contribution in [3.8, 4) is 11.5 Å². The standard InChI is InChI=1S/C21H25N5O2/c1-21(2,3)14-6-8-15(9-7-14)23-19-13-22-26-20(25-19)24-17-12-16(27-4)10-11-18(17)28-5/h6-13H,1-5H3,(H2,23,24,25,26). The summed E-state index contributed by atoms with van der Waals surface area (Å²) >= 11 is 0. The highest BCUT2D eigenvalue weighted by Crippen LogP contribution is 2.31. The maximum absolute atomic E-state index is 5.37. The number of ether oxygens (including phenoxy) is 2. The molecule has 2 N–H and O–H groups in total. The summed E-state index contributed by atoms with van der Waals surface area (Å²) in [6.45, 7) is 6.57. The third-order valence-corrected chi connectivity index (χ3v) is 4.24. The summed E-state index contributed by atoms with van der Waals surface area (Å²) in [5, 5.41) is 14.4. The molecule has 3 rings (SSSR count). The SMILES string of the molecule is COc1ccc(OC)c(Nc2nncc(Nc3ccc(C(C)(C)C)cc3)n2)c1. The Morgan fingerprint density at radius 3 is 2.29 bits per heavy atom. The smallest absolute Gasteiger partial charge is 0.249 e. The van der Waals surface area contributed by atoms with Crippen molar-refractivity contribution in [3.05, 3.63) is 54.2 Å². The van der Waals surface area contributed by atoms with Gasteiger partial charge in [-0.25, -0.2) is 0 Å². The Hall–Kier alpha value is -3.35. The van der Waals surface area contributed by atoms with Crippen LogP contribution in [-0.2, 0) is 5.41 Å². The molecule has 7 nitrogen and oxygen atoms in total. The Balaban J connectivity index is 1.78. The van der Waals surface area contributed by atoms with Crippen molar-refractivity contribution in [1.29, 1.82) is 0 Å². The highest BCUT2D eigenvalue weighted by atomic mass is 16.5. The van der Waals surface area contributed by atoms with E-state index in [1.54, 1.807) is 20.4 Å². The third-order valence-electron chi connectivity index (χ3n) is 4.24. The van der Waals surface area contributed by atoms with Crippen LogP contribution in [0.1, 0.15) is 26.3 Å². The first-order chi connectivity index (χ1) is 13.4. The molecule has 0 amide bonds. The highest BCUT2D eigenvalue weighted by molar-refractivity contribution is 5.66. The van der Waals surface area contributed by atoms with Gasteiger partial charge in [-0.15, -0.1) is 5.10 Å². The summed E-state index contributed by atoms with van der Waals surface area (Å²) in [4.78, 5) is 4.47. The van der Waals surface area contributed by atoms with Crippen molar-refractivity contribution in [2.45, 2.75) is 26.2 Å². The maximum atomic E-state index is 5.37. The predicted molar refractivity (Wildman–Crippen MR) is 111 cm³/mol. The van der Waals surface area contributed by atoms with Crippen LogP contribution in [0.15, 0.2) is 48.7 Å². The summed E-state index contributed by atoms with van der Waals surface area (Å²) in [5.41, 5.74) is 3.00. The van der Waals surface area contributed by atoms with E-state index in [9.17, 15) is 0 Å². The van der Waals surface area contributed by atoms with E-state index in [1.807, 2.05) is 30.3 Å². The van der Waals surface area contributed by atoms with Crippen LogP contribution in [0, 0.1) is 0 Å². The molecule has 0 radical (unpaired) electrons. The van der Waals surface area contributed by atoms with E-state index < -0.39 is 0 Å². The lowest BCUT2D eigenvalue weighted by molar-refractivity contribution is 0.405. The third kappa shape index (κ3) is 4.68. The minimum absolute atomic E-state index is 0.113. The molecule has 0 bridgehead atoms. The molecule has 1 heterocycles. The summed E-state index contributed by atoms with van der Waals surface area (Å²) in [7, 11) is 3.21. The van der Waals surface area contributed by atoms with E-state index in [-0.39, 0.29) is 5.41 Å². The van der Waals surface area contributed by atoms with Crippen LogP contribution in [0.4, 0.5) is 23.1 Å². The van der Waals surface area contributed by atoms with Crippen molar-refractivity contribution < 1.29 is 9.47 Å². The summed E-state index contributed by atoms with van der Waals surface area (Å²) in [6, 6.07) is 13.7. The van der Waals surface area contributed by atoms with Crippen LogP contribution >= 0.6 is 0 Å². The normalized spacial score (nSPS) is 11.0. The Bertz CT molecular complexity index is 936. The van der Waals surface area contributed by atoms with E-state index in [0.29, 0.717) is 29.0 Å². The van der Waals surface area contributed by atoms with Crippen molar-refractivity contribution in [1.82, 2.24) is 15.2 Å². The van der Waals surface area contributed by atoms with Crippen LogP contribution in [0.5, 0.6) is 11.5 Å². The Labute approximate surface area is 165 Å². The molecule has 146 valence electrons. The second-order valence-electron chi connectivity index (χ2n) is 7.31. The molecule has 2 aromatic carbocycles. The van der Waals surface area contributed by atoms with Crippen molar-refractivity contribution in [2.75, 3.05) is 24.9 Å². The fourth-order valence-corrected chi connectivity index (χ4v) is 2.65. The molecule has 0 fully saturated rings. The molecule has 1 aromatic heterocycles. The van der Waals surface area contributed by atoms with E-state index >= 15 is 0 Å². The van der Waals surface area contributed by atoms with Gasteiger partial charge in [-0.05, 0) is 35.2 Å². The van der Waals surface area contributed by atoms with Gasteiger partial charge in [0, 0.05) is 11.8 Å². The van der Waals surface area contributed by atoms with Crippen molar-refractivity contribution in [3.63, 3.8) is 0 Å². The Morgan fingerprint density at radius 1 is 0.893 bits per heavy atom. The van der Waals surface area contributed by atoms with E-state index in [0.717, 1.165) is 5.69 Å². The lowest BCUT2D eigenvalue weighted by Crippen LogP contribution is -2.10. The predicted octanol–water partition coefficient (Wildman–Crippen LogP) is 4.67. The number of rotatable bonds is 6. The fourth-order valence-electron chi connectivity index (χ4n) is 2.65. The fraction of sp³-hybridized carbons (Fsp3) is 0.286. The molecule has 0 aliphatic carbocycles. The Kier molecular flexibility index (Phi) is 5.63. The van der Waals surface area contributed by atoms with Gasteiger partial charge in [0.05, 0.1) is 26.1 Å². The zero-order valence-corrected chi connectivity index (χ0v) is 16.8. The second-order valence-corrected chi connectivity index (χ2v) is 7.31. The molecule has 0 aliphatic heterocycles. The molecular weight excluding hydrogens is 354 g/mol. The number of benzene rings is 2. The molecule has 0 saturated heterocycles. The molecule has 0 aliphatic rings. The molecule has 7 heteroatoms. The largest absolute Gasteiger partial charge is 0.497 e. The zero-order chi connectivity index (χ0) is 20.1. The van der Waals surface area contributed by atoms with Gasteiger partial charge in [0.1, 0.15) is 11.5 Å². The van der Waals surface area contributed by atoms with Crippen molar-refractivity contribution in [2.24, 2.45) is 0 Å². The Morgan fingerprint density at radius 2 is 1.64 bits per heavy atom. The van der Waals surface area contributed by atoms with Gasteiger partial charge < -0.3 is 20.1 Å². The number of nitrogens with one attached hydrogen (secondary N) is 2. The first-order valence-corrected chi connectivity index (χ1v) is 8.95. The number of methoxy groups -OCH3 is 2.